The van der Waals surface area contributed by atoms with Crippen LogP contribution in [0.25, 0.3) is 0 Å². The van der Waals surface area contributed by atoms with Crippen molar-refractivity contribution in [3.63, 3.8) is 0 Å². The van der Waals surface area contributed by atoms with Crippen molar-refractivity contribution in [1.82, 2.24) is 4.90 Å². The standard InChI is InChI=1S/C34H39N3O6/c1-4-35(5-2)24-14-16-25(17-15-24)36-20-11-19-34-27(28-32(41)42-21-10-9-18-33(28,3)43-34)30(39)37(29(34)31(36)40)26(22-38)23-12-7-6-8-13-23/h6-9,11-19,26-29,38H,4-5,10,20-22H2,1-3H3/t26-,27+,28-,29?,33+,34+/m1/s1. The van der Waals surface area contributed by atoms with Crippen LogP contribution in [0, 0.1) is 11.8 Å². The largest absolute Gasteiger partial charge is 0.465 e. The number of amides is 2. The summed E-state index contributed by atoms with van der Waals surface area (Å²) in [7, 11) is 0. The smallest absolute Gasteiger partial charge is 0.313 e. The third-order valence-electron chi connectivity index (χ3n) is 9.44. The lowest BCUT2D eigenvalue weighted by Gasteiger charge is -2.40. The molecule has 2 aromatic rings. The van der Waals surface area contributed by atoms with Gasteiger partial charge in [0, 0.05) is 31.0 Å². The normalized spacial score (nSPS) is 30.6. The molecule has 2 amide bonds. The zero-order valence-electron chi connectivity index (χ0n) is 24.9. The molecule has 0 aromatic heterocycles. The molecule has 1 unspecified atom stereocenters. The number of nitrogens with zero attached hydrogens (tertiary/aromatic N) is 3. The van der Waals surface area contributed by atoms with Gasteiger partial charge in [-0.3, -0.25) is 14.4 Å². The number of carbonyl (C=O) groups excluding carboxylic acids is 3. The molecule has 2 aromatic carbocycles. The first kappa shape index (κ1) is 29.1. The number of ether oxygens (including phenoxy) is 2. The second-order valence-corrected chi connectivity index (χ2v) is 11.8. The number of aliphatic hydroxyl groups excluding tert-OH is 1. The Morgan fingerprint density at radius 3 is 2.35 bits per heavy atom. The molecule has 4 aliphatic rings. The summed E-state index contributed by atoms with van der Waals surface area (Å²) in [6, 6.07) is 15.1. The number of benzene rings is 2. The van der Waals surface area contributed by atoms with Crippen molar-refractivity contribution in [1.29, 1.82) is 0 Å². The van der Waals surface area contributed by atoms with E-state index in [0.717, 1.165) is 18.8 Å². The molecule has 9 nitrogen and oxygen atoms in total. The lowest BCUT2D eigenvalue weighted by molar-refractivity contribution is -0.160. The molecule has 6 rings (SSSR count). The van der Waals surface area contributed by atoms with Crippen LogP contribution in [0.15, 0.2) is 78.9 Å². The average molecular weight is 586 g/mol. The second kappa shape index (κ2) is 11.3. The van der Waals surface area contributed by atoms with E-state index in [9.17, 15) is 19.5 Å². The van der Waals surface area contributed by atoms with Crippen molar-refractivity contribution in [2.75, 3.05) is 42.6 Å². The minimum atomic E-state index is -1.45. The van der Waals surface area contributed by atoms with Crippen molar-refractivity contribution >= 4 is 29.2 Å². The van der Waals surface area contributed by atoms with Gasteiger partial charge in [0.1, 0.15) is 17.6 Å². The van der Waals surface area contributed by atoms with Gasteiger partial charge in [0.15, 0.2) is 0 Å². The Morgan fingerprint density at radius 1 is 0.953 bits per heavy atom. The van der Waals surface area contributed by atoms with E-state index in [2.05, 4.69) is 18.7 Å². The van der Waals surface area contributed by atoms with Crippen molar-refractivity contribution in [3.05, 3.63) is 84.5 Å². The van der Waals surface area contributed by atoms with Crippen LogP contribution in [0.2, 0.25) is 0 Å². The molecule has 1 spiro atoms. The van der Waals surface area contributed by atoms with Gasteiger partial charge in [-0.2, -0.15) is 0 Å². The predicted molar refractivity (Wildman–Crippen MR) is 162 cm³/mol. The van der Waals surface area contributed by atoms with Gasteiger partial charge in [0.05, 0.1) is 30.8 Å². The molecule has 43 heavy (non-hydrogen) atoms. The van der Waals surface area contributed by atoms with Crippen LogP contribution in [-0.4, -0.2) is 77.9 Å². The SMILES string of the molecule is CCN(CC)c1ccc(N2CC=C[C@]34O[C@@]5(C)C=CCCOC(=O)[C@H]5[C@H]3C(=O)N([C@H](CO)c3ccccc3)C4C2=O)cc1. The third-order valence-corrected chi connectivity index (χ3v) is 9.44. The molecule has 6 atom stereocenters. The lowest BCUT2D eigenvalue weighted by atomic mass is 9.74. The fraction of sp³-hybridized carbons (Fsp3) is 0.441. The van der Waals surface area contributed by atoms with E-state index in [4.69, 9.17) is 9.47 Å². The Bertz CT molecular complexity index is 1440. The first-order valence-corrected chi connectivity index (χ1v) is 15.2. The number of fused-ring (bicyclic) bond motifs is 2. The first-order valence-electron chi connectivity index (χ1n) is 15.2. The van der Waals surface area contributed by atoms with Gasteiger partial charge < -0.3 is 29.3 Å². The van der Waals surface area contributed by atoms with Gasteiger partial charge in [0.25, 0.3) is 5.91 Å². The number of rotatable bonds is 7. The van der Waals surface area contributed by atoms with Crippen LogP contribution in [0.4, 0.5) is 11.4 Å². The summed E-state index contributed by atoms with van der Waals surface area (Å²) in [5, 5.41) is 10.7. The van der Waals surface area contributed by atoms with E-state index < -0.39 is 53.6 Å². The van der Waals surface area contributed by atoms with Crippen molar-refractivity contribution < 1.29 is 29.0 Å². The molecular weight excluding hydrogens is 546 g/mol. The summed E-state index contributed by atoms with van der Waals surface area (Å²) in [5.74, 6) is -3.24. The monoisotopic (exact) mass is 585 g/mol. The number of hydrogen-bond donors (Lipinski definition) is 1. The van der Waals surface area contributed by atoms with Gasteiger partial charge in [-0.15, -0.1) is 0 Å². The molecule has 4 heterocycles. The van der Waals surface area contributed by atoms with E-state index >= 15 is 0 Å². The molecular formula is C34H39N3O6. The summed E-state index contributed by atoms with van der Waals surface area (Å²) in [5.41, 5.74) is -0.173. The second-order valence-electron chi connectivity index (χ2n) is 11.8. The highest BCUT2D eigenvalue weighted by Gasteiger charge is 2.75. The van der Waals surface area contributed by atoms with Gasteiger partial charge in [-0.05, 0) is 57.0 Å². The number of cyclic esters (lactones) is 1. The van der Waals surface area contributed by atoms with Crippen molar-refractivity contribution in [2.45, 2.75) is 50.5 Å². The van der Waals surface area contributed by atoms with Crippen LogP contribution < -0.4 is 9.80 Å². The maximum atomic E-state index is 14.8. The van der Waals surface area contributed by atoms with Gasteiger partial charge in [-0.1, -0.05) is 54.6 Å². The van der Waals surface area contributed by atoms with E-state index in [1.54, 1.807) is 17.9 Å². The number of likely N-dealkylation sites (tertiary alicyclic amines) is 1. The Kier molecular flexibility index (Phi) is 7.64. The molecule has 0 bridgehead atoms. The number of anilines is 2. The summed E-state index contributed by atoms with van der Waals surface area (Å²) in [6.07, 6.45) is 7.94. The molecule has 4 aliphatic heterocycles. The summed E-state index contributed by atoms with van der Waals surface area (Å²) >= 11 is 0. The number of aliphatic hydroxyl groups is 1. The number of carbonyl (C=O) groups is 3. The van der Waals surface area contributed by atoms with Crippen LogP contribution >= 0.6 is 0 Å². The Morgan fingerprint density at radius 2 is 1.67 bits per heavy atom. The van der Waals surface area contributed by atoms with E-state index in [-0.39, 0.29) is 19.1 Å². The quantitative estimate of drug-likeness (QED) is 0.391. The third kappa shape index (κ3) is 4.57. The van der Waals surface area contributed by atoms with Crippen molar-refractivity contribution in [3.8, 4) is 0 Å². The summed E-state index contributed by atoms with van der Waals surface area (Å²) in [6.45, 7) is 7.77. The molecule has 226 valence electrons. The first-order chi connectivity index (χ1) is 20.8. The zero-order chi connectivity index (χ0) is 30.4. The summed E-state index contributed by atoms with van der Waals surface area (Å²) in [4.78, 5) is 48.3. The lowest BCUT2D eigenvalue weighted by Crippen LogP contribution is -2.57. The molecule has 1 N–H and O–H groups in total. The molecule has 2 fully saturated rings. The summed E-state index contributed by atoms with van der Waals surface area (Å²) < 4.78 is 12.4. The van der Waals surface area contributed by atoms with Crippen LogP contribution in [-0.2, 0) is 23.9 Å². The van der Waals surface area contributed by atoms with E-state index in [1.165, 1.54) is 4.90 Å². The highest BCUT2D eigenvalue weighted by Crippen LogP contribution is 2.58. The highest BCUT2D eigenvalue weighted by molar-refractivity contribution is 6.06. The fourth-order valence-electron chi connectivity index (χ4n) is 7.46. The van der Waals surface area contributed by atoms with Gasteiger partial charge >= 0.3 is 5.97 Å². The minimum Gasteiger partial charge on any atom is -0.465 e. The average Bonchev–Trinajstić information content (AvgIpc) is 3.33. The maximum Gasteiger partial charge on any atom is 0.313 e. The Labute approximate surface area is 252 Å². The fourth-order valence-corrected chi connectivity index (χ4v) is 7.46. The molecule has 0 saturated carbocycles. The molecule has 0 radical (unpaired) electrons. The van der Waals surface area contributed by atoms with Gasteiger partial charge in [0.2, 0.25) is 5.91 Å². The molecule has 9 heteroatoms. The highest BCUT2D eigenvalue weighted by atomic mass is 16.6. The van der Waals surface area contributed by atoms with Crippen LogP contribution in [0.5, 0.6) is 0 Å². The zero-order valence-corrected chi connectivity index (χ0v) is 24.9. The van der Waals surface area contributed by atoms with Gasteiger partial charge in [-0.25, -0.2) is 0 Å². The van der Waals surface area contributed by atoms with Crippen LogP contribution in [0.1, 0.15) is 38.8 Å². The van der Waals surface area contributed by atoms with Crippen LogP contribution in [0.3, 0.4) is 0 Å². The Balaban J connectivity index is 1.48. The van der Waals surface area contributed by atoms with E-state index in [0.29, 0.717) is 17.7 Å². The van der Waals surface area contributed by atoms with Crippen molar-refractivity contribution in [2.24, 2.45) is 11.8 Å². The number of hydrogen-bond acceptors (Lipinski definition) is 7. The Hall–Kier alpha value is -3.95. The maximum absolute atomic E-state index is 14.8. The number of esters is 1. The predicted octanol–water partition coefficient (Wildman–Crippen LogP) is 3.64. The van der Waals surface area contributed by atoms with E-state index in [1.807, 2.05) is 72.8 Å². The topological polar surface area (TPSA) is 99.6 Å². The minimum absolute atomic E-state index is 0.207. The molecule has 0 aliphatic carbocycles. The molecule has 2 saturated heterocycles.